The Balaban J connectivity index is 1.76. The van der Waals surface area contributed by atoms with Crippen LogP contribution in [0.2, 0.25) is 0 Å². The number of phenols is 2. The van der Waals surface area contributed by atoms with Crippen LogP contribution in [0.4, 0.5) is 11.4 Å². The van der Waals surface area contributed by atoms with Crippen molar-refractivity contribution >= 4 is 35.6 Å². The molecule has 14 nitrogen and oxygen atoms in total. The van der Waals surface area contributed by atoms with Gasteiger partial charge in [0, 0.05) is 48.2 Å². The fourth-order valence-electron chi connectivity index (χ4n) is 2.39. The topological polar surface area (TPSA) is 210 Å². The van der Waals surface area contributed by atoms with Gasteiger partial charge in [0.1, 0.15) is 11.5 Å². The van der Waals surface area contributed by atoms with Crippen molar-refractivity contribution in [3.05, 3.63) is 67.8 Å². The Hall–Kier alpha value is -4.88. The Bertz CT molecular complexity index is 1040. The Morgan fingerprint density at radius 2 is 1.21 bits per heavy atom. The van der Waals surface area contributed by atoms with Crippen LogP contribution >= 0.6 is 0 Å². The number of nitrogens with one attached hydrogen (secondary N) is 2. The van der Waals surface area contributed by atoms with Gasteiger partial charge in [0.2, 0.25) is 11.8 Å². The second kappa shape index (κ2) is 11.5. The molecule has 2 aromatic rings. The minimum absolute atomic E-state index is 0.0384. The number of nitrogens with zero attached hydrogens (tertiary/aromatic N) is 4. The zero-order chi connectivity index (χ0) is 24.4. The largest absolute Gasteiger partial charge is 0.507 e. The number of nitro groups is 2. The van der Waals surface area contributed by atoms with Gasteiger partial charge >= 0.3 is 0 Å². The van der Waals surface area contributed by atoms with Crippen molar-refractivity contribution in [2.24, 2.45) is 10.2 Å². The van der Waals surface area contributed by atoms with Crippen molar-refractivity contribution in [2.45, 2.75) is 19.3 Å². The van der Waals surface area contributed by atoms with Crippen molar-refractivity contribution < 1.29 is 29.6 Å². The quantitative estimate of drug-likeness (QED) is 0.233. The molecular formula is C19H18N6O8. The Morgan fingerprint density at radius 3 is 1.58 bits per heavy atom. The molecule has 0 radical (unpaired) electrons. The monoisotopic (exact) mass is 458 g/mol. The second-order valence-corrected chi connectivity index (χ2v) is 6.44. The summed E-state index contributed by atoms with van der Waals surface area (Å²) in [6.07, 6.45) is 2.10. The zero-order valence-electron chi connectivity index (χ0n) is 16.9. The van der Waals surface area contributed by atoms with Gasteiger partial charge in [0.15, 0.2) is 0 Å². The average molecular weight is 458 g/mol. The van der Waals surface area contributed by atoms with Crippen LogP contribution in [-0.2, 0) is 9.59 Å². The Labute approximate surface area is 185 Å². The number of carbonyl (C=O) groups is 2. The van der Waals surface area contributed by atoms with Gasteiger partial charge in [-0.05, 0) is 18.6 Å². The summed E-state index contributed by atoms with van der Waals surface area (Å²) in [6, 6.07) is 6.66. The van der Waals surface area contributed by atoms with Crippen molar-refractivity contribution in [3.63, 3.8) is 0 Å². The predicted octanol–water partition coefficient (Wildman–Crippen LogP) is 1.68. The van der Waals surface area contributed by atoms with Crippen LogP contribution in [0.3, 0.4) is 0 Å². The third-order valence-corrected chi connectivity index (χ3v) is 4.04. The van der Waals surface area contributed by atoms with E-state index in [2.05, 4.69) is 21.1 Å². The highest BCUT2D eigenvalue weighted by Crippen LogP contribution is 2.22. The molecule has 0 aliphatic rings. The molecule has 0 saturated heterocycles. The molecule has 0 heterocycles. The lowest BCUT2D eigenvalue weighted by atomic mass is 10.2. The summed E-state index contributed by atoms with van der Waals surface area (Å²) in [7, 11) is 0. The molecule has 33 heavy (non-hydrogen) atoms. The normalized spacial score (nSPS) is 10.9. The van der Waals surface area contributed by atoms with Gasteiger partial charge in [-0.25, -0.2) is 10.9 Å². The predicted molar refractivity (Wildman–Crippen MR) is 115 cm³/mol. The van der Waals surface area contributed by atoms with E-state index in [1.807, 2.05) is 0 Å². The van der Waals surface area contributed by atoms with E-state index >= 15 is 0 Å². The first-order chi connectivity index (χ1) is 15.7. The summed E-state index contributed by atoms with van der Waals surface area (Å²) in [5.41, 5.74) is 3.91. The SMILES string of the molecule is O=C(CCCC(=O)N/N=C/c1cc([N+](=O)[O-])ccc1O)N/N=C\c1cc([N+](=O)[O-])ccc1O. The van der Waals surface area contributed by atoms with Crippen molar-refractivity contribution in [3.8, 4) is 11.5 Å². The van der Waals surface area contributed by atoms with Crippen LogP contribution in [-0.4, -0.2) is 44.3 Å². The number of aromatic hydroxyl groups is 2. The third kappa shape index (κ3) is 7.71. The zero-order valence-corrected chi connectivity index (χ0v) is 16.9. The fraction of sp³-hybridized carbons (Fsp3) is 0.158. The summed E-state index contributed by atoms with van der Waals surface area (Å²) in [5.74, 6) is -1.58. The molecule has 0 aliphatic carbocycles. The number of amides is 2. The molecule has 0 aliphatic heterocycles. The number of nitro benzene ring substituents is 2. The van der Waals surface area contributed by atoms with Gasteiger partial charge < -0.3 is 10.2 Å². The van der Waals surface area contributed by atoms with E-state index in [0.717, 1.165) is 48.8 Å². The van der Waals surface area contributed by atoms with Crippen LogP contribution in [0.1, 0.15) is 30.4 Å². The first-order valence-electron chi connectivity index (χ1n) is 9.26. The van der Waals surface area contributed by atoms with Crippen molar-refractivity contribution in [1.29, 1.82) is 0 Å². The van der Waals surface area contributed by atoms with Crippen LogP contribution in [0.15, 0.2) is 46.6 Å². The van der Waals surface area contributed by atoms with Gasteiger partial charge in [0.05, 0.1) is 22.3 Å². The molecule has 14 heteroatoms. The molecule has 172 valence electrons. The molecule has 0 saturated carbocycles. The minimum Gasteiger partial charge on any atom is -0.507 e. The van der Waals surface area contributed by atoms with E-state index in [4.69, 9.17) is 0 Å². The summed E-state index contributed by atoms with van der Waals surface area (Å²) in [5, 5.41) is 48.0. The maximum atomic E-state index is 11.8. The van der Waals surface area contributed by atoms with E-state index in [1.165, 1.54) is 0 Å². The number of phenolic OH excluding ortho intramolecular Hbond substituents is 2. The van der Waals surface area contributed by atoms with E-state index in [0.29, 0.717) is 0 Å². The van der Waals surface area contributed by atoms with Crippen molar-refractivity contribution in [2.75, 3.05) is 0 Å². The average Bonchev–Trinajstić information content (AvgIpc) is 2.76. The fourth-order valence-corrected chi connectivity index (χ4v) is 2.39. The molecular weight excluding hydrogens is 440 g/mol. The first kappa shape index (κ1) is 24.4. The van der Waals surface area contributed by atoms with Crippen LogP contribution in [0, 0.1) is 20.2 Å². The van der Waals surface area contributed by atoms with E-state index in [1.54, 1.807) is 0 Å². The molecule has 0 unspecified atom stereocenters. The Morgan fingerprint density at radius 1 is 0.818 bits per heavy atom. The van der Waals surface area contributed by atoms with Gasteiger partial charge in [-0.3, -0.25) is 29.8 Å². The van der Waals surface area contributed by atoms with Gasteiger partial charge in [0.25, 0.3) is 11.4 Å². The third-order valence-electron chi connectivity index (χ3n) is 4.04. The molecule has 2 aromatic carbocycles. The van der Waals surface area contributed by atoms with Crippen LogP contribution in [0.5, 0.6) is 11.5 Å². The molecule has 0 spiro atoms. The number of benzene rings is 2. The first-order valence-corrected chi connectivity index (χ1v) is 9.26. The molecule has 0 fully saturated rings. The smallest absolute Gasteiger partial charge is 0.270 e. The summed E-state index contributed by atoms with van der Waals surface area (Å²) >= 11 is 0. The summed E-state index contributed by atoms with van der Waals surface area (Å²) in [6.45, 7) is 0. The van der Waals surface area contributed by atoms with Crippen LogP contribution < -0.4 is 10.9 Å². The lowest BCUT2D eigenvalue weighted by Crippen LogP contribution is -2.20. The van der Waals surface area contributed by atoms with Gasteiger partial charge in [-0.2, -0.15) is 10.2 Å². The summed E-state index contributed by atoms with van der Waals surface area (Å²) < 4.78 is 0. The standard InChI is InChI=1S/C19H18N6O8/c26-16-6-4-14(24(30)31)8-12(16)10-20-22-18(28)2-1-3-19(29)23-21-11-13-9-15(25(32)33)5-7-17(13)27/h4-11,26-27H,1-3H2,(H,22,28)(H,23,29)/b20-10-,21-11+. The highest BCUT2D eigenvalue weighted by Gasteiger charge is 2.10. The molecule has 2 amide bonds. The minimum atomic E-state index is -0.642. The highest BCUT2D eigenvalue weighted by atomic mass is 16.6. The number of hydrogen-bond acceptors (Lipinski definition) is 10. The number of hydrogen-bond donors (Lipinski definition) is 4. The van der Waals surface area contributed by atoms with Gasteiger partial charge in [-0.15, -0.1) is 0 Å². The number of carbonyl (C=O) groups excluding carboxylic acids is 2. The van der Waals surface area contributed by atoms with Crippen molar-refractivity contribution in [1.82, 2.24) is 10.9 Å². The number of non-ortho nitro benzene ring substituents is 2. The molecule has 4 N–H and O–H groups in total. The number of rotatable bonds is 10. The van der Waals surface area contributed by atoms with E-state index in [-0.39, 0.29) is 53.3 Å². The maximum Gasteiger partial charge on any atom is 0.270 e. The summed E-state index contributed by atoms with van der Waals surface area (Å²) in [4.78, 5) is 43.7. The molecule has 0 bridgehead atoms. The maximum absolute atomic E-state index is 11.8. The molecule has 0 aromatic heterocycles. The van der Waals surface area contributed by atoms with E-state index in [9.17, 15) is 40.0 Å². The van der Waals surface area contributed by atoms with Gasteiger partial charge in [-0.1, -0.05) is 0 Å². The lowest BCUT2D eigenvalue weighted by molar-refractivity contribution is -0.385. The second-order valence-electron chi connectivity index (χ2n) is 6.44. The molecule has 0 atom stereocenters. The molecule has 2 rings (SSSR count). The van der Waals surface area contributed by atoms with Crippen LogP contribution in [0.25, 0.3) is 0 Å². The van der Waals surface area contributed by atoms with E-state index < -0.39 is 21.7 Å². The lowest BCUT2D eigenvalue weighted by Gasteiger charge is -2.02. The highest BCUT2D eigenvalue weighted by molar-refractivity contribution is 5.87. The Kier molecular flexibility index (Phi) is 8.50. The number of hydrazone groups is 2.